The van der Waals surface area contributed by atoms with Crippen molar-refractivity contribution in [1.82, 2.24) is 10.3 Å². The van der Waals surface area contributed by atoms with Crippen LogP contribution in [0.25, 0.3) is 0 Å². The number of hydrogen-bond donors (Lipinski definition) is 1. The van der Waals surface area contributed by atoms with Crippen molar-refractivity contribution >= 4 is 17.6 Å². The second kappa shape index (κ2) is 7.92. The van der Waals surface area contributed by atoms with Crippen molar-refractivity contribution in [3.8, 4) is 0 Å². The van der Waals surface area contributed by atoms with E-state index in [9.17, 15) is 4.79 Å². The Kier molecular flexibility index (Phi) is 5.92. The number of halogens is 1. The quantitative estimate of drug-likeness (QED) is 0.830. The third kappa shape index (κ3) is 4.06. The molecule has 0 aliphatic rings. The van der Waals surface area contributed by atoms with E-state index in [-0.39, 0.29) is 17.9 Å². The fourth-order valence-corrected chi connectivity index (χ4v) is 2.52. The smallest absolute Gasteiger partial charge is 0.310 e. The maximum atomic E-state index is 11.9. The van der Waals surface area contributed by atoms with Gasteiger partial charge in [-0.05, 0) is 17.2 Å². The summed E-state index contributed by atoms with van der Waals surface area (Å²) < 4.78 is 4.88. The third-order valence-corrected chi connectivity index (χ3v) is 3.94. The third-order valence-electron chi connectivity index (χ3n) is 3.60. The summed E-state index contributed by atoms with van der Waals surface area (Å²) >= 11 is 6.13. The molecule has 0 bridgehead atoms. The summed E-state index contributed by atoms with van der Waals surface area (Å²) in [6.45, 7) is 2.40. The van der Waals surface area contributed by atoms with Crippen LogP contribution in [-0.2, 0) is 16.1 Å². The van der Waals surface area contributed by atoms with Crippen LogP contribution in [0.4, 0.5) is 0 Å². The van der Waals surface area contributed by atoms with Crippen LogP contribution in [0.3, 0.4) is 0 Å². The molecule has 1 aromatic carbocycles. The number of nitrogens with one attached hydrogen (secondary N) is 1. The molecule has 0 radical (unpaired) electrons. The van der Waals surface area contributed by atoms with Gasteiger partial charge in [-0.25, -0.2) is 0 Å². The maximum Gasteiger partial charge on any atom is 0.310 e. The molecular weight excluding hydrogens is 300 g/mol. The molecule has 0 aliphatic carbocycles. The molecule has 4 nitrogen and oxygen atoms in total. The van der Waals surface area contributed by atoms with E-state index in [2.05, 4.69) is 10.3 Å². The fraction of sp³-hybridized carbons (Fsp3) is 0.294. The first-order valence-corrected chi connectivity index (χ1v) is 7.46. The monoisotopic (exact) mass is 318 g/mol. The minimum absolute atomic E-state index is 0.155. The van der Waals surface area contributed by atoms with E-state index in [0.29, 0.717) is 11.6 Å². The number of carbonyl (C=O) groups excluding carboxylic acids is 1. The summed E-state index contributed by atoms with van der Waals surface area (Å²) in [5.41, 5.74) is 1.97. The van der Waals surface area contributed by atoms with Crippen molar-refractivity contribution in [2.24, 2.45) is 5.92 Å². The van der Waals surface area contributed by atoms with E-state index in [1.807, 2.05) is 43.3 Å². The van der Waals surface area contributed by atoms with Crippen LogP contribution in [0.2, 0.25) is 5.02 Å². The summed E-state index contributed by atoms with van der Waals surface area (Å²) in [5.74, 6) is -0.560. The zero-order valence-corrected chi connectivity index (χ0v) is 13.4. The largest absolute Gasteiger partial charge is 0.469 e. The number of nitrogens with zero attached hydrogens (tertiary/aromatic N) is 1. The average molecular weight is 319 g/mol. The van der Waals surface area contributed by atoms with Crippen LogP contribution in [0, 0.1) is 5.92 Å². The van der Waals surface area contributed by atoms with Crippen LogP contribution in [-0.4, -0.2) is 18.1 Å². The lowest BCUT2D eigenvalue weighted by Crippen LogP contribution is -2.31. The molecule has 22 heavy (non-hydrogen) atoms. The number of aromatic nitrogens is 1. The van der Waals surface area contributed by atoms with Crippen LogP contribution in [0.1, 0.15) is 24.1 Å². The number of rotatable bonds is 6. The zero-order chi connectivity index (χ0) is 15.9. The molecule has 0 spiro atoms. The molecule has 0 unspecified atom stereocenters. The minimum atomic E-state index is -0.312. The molecule has 5 heteroatoms. The van der Waals surface area contributed by atoms with E-state index >= 15 is 0 Å². The van der Waals surface area contributed by atoms with Gasteiger partial charge in [0.25, 0.3) is 0 Å². The lowest BCUT2D eigenvalue weighted by Gasteiger charge is -2.24. The van der Waals surface area contributed by atoms with Gasteiger partial charge in [0, 0.05) is 25.0 Å². The lowest BCUT2D eigenvalue weighted by atomic mass is 9.94. The number of carbonyl (C=O) groups is 1. The molecule has 2 rings (SSSR count). The normalized spacial score (nSPS) is 13.4. The molecule has 0 aliphatic heterocycles. The Morgan fingerprint density at radius 1 is 1.32 bits per heavy atom. The first-order chi connectivity index (χ1) is 10.6. The standard InChI is InChI=1S/C17H19ClN2O2/c1-12(17(21)22-2)16(13-6-4-3-5-7-13)20-10-14-8-9-19-11-15(14)18/h3-9,11-12,16,20H,10H2,1-2H3/t12-,16-/m0/s1. The van der Waals surface area contributed by atoms with E-state index in [4.69, 9.17) is 16.3 Å². The number of benzene rings is 1. The highest BCUT2D eigenvalue weighted by Crippen LogP contribution is 2.24. The Balaban J connectivity index is 2.18. The number of ether oxygens (including phenoxy) is 1. The molecule has 0 saturated heterocycles. The van der Waals surface area contributed by atoms with Gasteiger partial charge in [-0.3, -0.25) is 9.78 Å². The molecule has 0 amide bonds. The van der Waals surface area contributed by atoms with Crippen LogP contribution < -0.4 is 5.32 Å². The van der Waals surface area contributed by atoms with Crippen LogP contribution in [0.5, 0.6) is 0 Å². The lowest BCUT2D eigenvalue weighted by molar-refractivity contribution is -0.145. The number of hydrogen-bond acceptors (Lipinski definition) is 4. The highest BCUT2D eigenvalue weighted by Gasteiger charge is 2.25. The van der Waals surface area contributed by atoms with E-state index < -0.39 is 0 Å². The molecule has 116 valence electrons. The maximum absolute atomic E-state index is 11.9. The van der Waals surface area contributed by atoms with Crippen molar-refractivity contribution in [3.63, 3.8) is 0 Å². The SMILES string of the molecule is COC(=O)[C@@H](C)[C@H](NCc1ccncc1Cl)c1ccccc1. The molecule has 2 aromatic rings. The van der Waals surface area contributed by atoms with Gasteiger partial charge in [0.1, 0.15) is 0 Å². The van der Waals surface area contributed by atoms with Gasteiger partial charge in [0.2, 0.25) is 0 Å². The summed E-state index contributed by atoms with van der Waals surface area (Å²) in [7, 11) is 1.40. The minimum Gasteiger partial charge on any atom is -0.469 e. The molecular formula is C17H19ClN2O2. The van der Waals surface area contributed by atoms with Crippen molar-refractivity contribution in [2.45, 2.75) is 19.5 Å². The second-order valence-electron chi connectivity index (χ2n) is 5.05. The summed E-state index contributed by atoms with van der Waals surface area (Å²) in [6, 6.07) is 11.5. The highest BCUT2D eigenvalue weighted by atomic mass is 35.5. The summed E-state index contributed by atoms with van der Waals surface area (Å²) in [5, 5.41) is 4.00. The Morgan fingerprint density at radius 2 is 2.05 bits per heavy atom. The van der Waals surface area contributed by atoms with Gasteiger partial charge in [-0.2, -0.15) is 0 Å². The Hall–Kier alpha value is -1.91. The zero-order valence-electron chi connectivity index (χ0n) is 12.6. The van der Waals surface area contributed by atoms with Gasteiger partial charge in [-0.1, -0.05) is 48.9 Å². The molecule has 0 fully saturated rings. The van der Waals surface area contributed by atoms with Gasteiger partial charge in [0.05, 0.1) is 18.1 Å². The molecule has 1 heterocycles. The number of esters is 1. The topological polar surface area (TPSA) is 51.2 Å². The van der Waals surface area contributed by atoms with Gasteiger partial charge < -0.3 is 10.1 Å². The van der Waals surface area contributed by atoms with Crippen molar-refractivity contribution in [2.75, 3.05) is 7.11 Å². The second-order valence-corrected chi connectivity index (χ2v) is 5.46. The van der Waals surface area contributed by atoms with Crippen molar-refractivity contribution in [3.05, 3.63) is 64.9 Å². The molecule has 2 atom stereocenters. The van der Waals surface area contributed by atoms with Crippen molar-refractivity contribution in [1.29, 1.82) is 0 Å². The first kappa shape index (κ1) is 16.5. The predicted molar refractivity (Wildman–Crippen MR) is 86.4 cm³/mol. The highest BCUT2D eigenvalue weighted by molar-refractivity contribution is 6.31. The predicted octanol–water partition coefficient (Wildman–Crippen LogP) is 3.38. The molecule has 0 saturated carbocycles. The van der Waals surface area contributed by atoms with Gasteiger partial charge in [-0.15, -0.1) is 0 Å². The van der Waals surface area contributed by atoms with Crippen LogP contribution in [0.15, 0.2) is 48.8 Å². The Morgan fingerprint density at radius 3 is 2.68 bits per heavy atom. The Bertz CT molecular complexity index is 619. The van der Waals surface area contributed by atoms with E-state index in [0.717, 1.165) is 11.1 Å². The Labute approximate surface area is 135 Å². The van der Waals surface area contributed by atoms with Gasteiger partial charge in [0.15, 0.2) is 0 Å². The first-order valence-electron chi connectivity index (χ1n) is 7.08. The fourth-order valence-electron chi connectivity index (χ4n) is 2.33. The van der Waals surface area contributed by atoms with Gasteiger partial charge >= 0.3 is 5.97 Å². The van der Waals surface area contributed by atoms with E-state index in [1.54, 1.807) is 12.4 Å². The average Bonchev–Trinajstić information content (AvgIpc) is 2.56. The molecule has 1 N–H and O–H groups in total. The number of methoxy groups -OCH3 is 1. The van der Waals surface area contributed by atoms with Crippen LogP contribution >= 0.6 is 11.6 Å². The molecule has 1 aromatic heterocycles. The summed E-state index contributed by atoms with van der Waals surface area (Å²) in [6.07, 6.45) is 3.31. The van der Waals surface area contributed by atoms with E-state index in [1.165, 1.54) is 7.11 Å². The van der Waals surface area contributed by atoms with Crippen molar-refractivity contribution < 1.29 is 9.53 Å². The summed E-state index contributed by atoms with van der Waals surface area (Å²) in [4.78, 5) is 15.9. The number of pyridine rings is 1.